The molecule has 1 aliphatic carbocycles. The summed E-state index contributed by atoms with van der Waals surface area (Å²) in [7, 11) is 1.67. The Kier molecular flexibility index (Phi) is 2.38. The van der Waals surface area contributed by atoms with Crippen LogP contribution in [0.5, 0.6) is 5.88 Å². The molecule has 1 saturated carbocycles. The molecule has 22 heavy (non-hydrogen) atoms. The molecule has 2 fully saturated rings. The smallest absolute Gasteiger partial charge is 0.213 e. The number of aromatic nitrogens is 1. The van der Waals surface area contributed by atoms with Crippen LogP contribution in [0.2, 0.25) is 0 Å². The number of ether oxygens (including phenoxy) is 1. The fraction of sp³-hybridized carbons (Fsp3) is 0.611. The van der Waals surface area contributed by atoms with Crippen LogP contribution in [0.15, 0.2) is 16.5 Å². The summed E-state index contributed by atoms with van der Waals surface area (Å²) in [5.41, 5.74) is 3.65. The van der Waals surface area contributed by atoms with E-state index in [9.17, 15) is 0 Å². The largest absolute Gasteiger partial charge is 0.481 e. The number of methoxy groups -OCH3 is 1. The number of hydrogen-bond donors (Lipinski definition) is 0. The van der Waals surface area contributed by atoms with Gasteiger partial charge in [0.15, 0.2) is 5.58 Å². The van der Waals surface area contributed by atoms with Crippen LogP contribution in [-0.2, 0) is 6.42 Å². The van der Waals surface area contributed by atoms with Crippen molar-refractivity contribution < 1.29 is 9.15 Å². The van der Waals surface area contributed by atoms with Crippen LogP contribution in [0.1, 0.15) is 37.5 Å². The van der Waals surface area contributed by atoms with Gasteiger partial charge in [-0.2, -0.15) is 0 Å². The highest BCUT2D eigenvalue weighted by Gasteiger charge is 2.59. The van der Waals surface area contributed by atoms with Gasteiger partial charge in [0.05, 0.1) is 7.11 Å². The van der Waals surface area contributed by atoms with Crippen LogP contribution in [0.4, 0.5) is 0 Å². The van der Waals surface area contributed by atoms with Crippen molar-refractivity contribution in [2.75, 3.05) is 20.2 Å². The van der Waals surface area contributed by atoms with E-state index in [-0.39, 0.29) is 0 Å². The highest BCUT2D eigenvalue weighted by atomic mass is 16.5. The summed E-state index contributed by atoms with van der Waals surface area (Å²) in [5.74, 6) is 3.21. The number of nitrogens with zero attached hydrogens (tertiary/aromatic N) is 2. The number of rotatable bonds is 1. The summed E-state index contributed by atoms with van der Waals surface area (Å²) in [6.07, 6.45) is 2.30. The molecule has 4 heteroatoms. The van der Waals surface area contributed by atoms with Gasteiger partial charge < -0.3 is 9.15 Å². The Hall–Kier alpha value is -1.55. The van der Waals surface area contributed by atoms with E-state index in [1.165, 1.54) is 24.3 Å². The van der Waals surface area contributed by atoms with Gasteiger partial charge in [0.2, 0.25) is 5.88 Å². The van der Waals surface area contributed by atoms with Crippen molar-refractivity contribution in [3.8, 4) is 5.88 Å². The van der Waals surface area contributed by atoms with Crippen molar-refractivity contribution in [2.45, 2.75) is 38.6 Å². The Morgan fingerprint density at radius 3 is 3.00 bits per heavy atom. The zero-order valence-electron chi connectivity index (χ0n) is 13.4. The monoisotopic (exact) mass is 298 g/mol. The molecule has 0 spiro atoms. The van der Waals surface area contributed by atoms with Crippen molar-refractivity contribution in [1.29, 1.82) is 0 Å². The molecule has 3 unspecified atom stereocenters. The second kappa shape index (κ2) is 4.05. The Morgan fingerprint density at radius 2 is 2.23 bits per heavy atom. The van der Waals surface area contributed by atoms with Crippen LogP contribution < -0.4 is 4.74 Å². The lowest BCUT2D eigenvalue weighted by Gasteiger charge is -2.32. The van der Waals surface area contributed by atoms with Crippen LogP contribution in [0.3, 0.4) is 0 Å². The maximum atomic E-state index is 6.30. The average molecular weight is 298 g/mol. The summed E-state index contributed by atoms with van der Waals surface area (Å²) in [5, 5.41) is 0. The van der Waals surface area contributed by atoms with Crippen LogP contribution in [-0.4, -0.2) is 36.1 Å². The van der Waals surface area contributed by atoms with Gasteiger partial charge in [0.25, 0.3) is 0 Å². The number of piperidine rings is 1. The molecular weight excluding hydrogens is 276 g/mol. The van der Waals surface area contributed by atoms with Gasteiger partial charge in [-0.3, -0.25) is 4.90 Å². The number of hydrogen-bond acceptors (Lipinski definition) is 4. The Labute approximate surface area is 130 Å². The SMILES string of the molecule is COc1ccc2oc3c(c2n1)CCN1CC2CC3C1C2(C)C. The Balaban J connectivity index is 1.70. The average Bonchev–Trinajstić information content (AvgIpc) is 3.06. The van der Waals surface area contributed by atoms with Crippen LogP contribution >= 0.6 is 0 Å². The van der Waals surface area contributed by atoms with Gasteiger partial charge in [0, 0.05) is 36.7 Å². The fourth-order valence-electron chi connectivity index (χ4n) is 5.35. The number of fused-ring (bicyclic) bond motifs is 5. The summed E-state index contributed by atoms with van der Waals surface area (Å²) >= 11 is 0. The van der Waals surface area contributed by atoms with Crippen LogP contribution in [0.25, 0.3) is 11.1 Å². The third kappa shape index (κ3) is 1.44. The lowest BCUT2D eigenvalue weighted by molar-refractivity contribution is 0.168. The van der Waals surface area contributed by atoms with E-state index in [4.69, 9.17) is 9.15 Å². The zero-order chi connectivity index (χ0) is 15.1. The normalized spacial score (nSPS) is 32.2. The van der Waals surface area contributed by atoms with Gasteiger partial charge in [-0.1, -0.05) is 13.8 Å². The topological polar surface area (TPSA) is 38.5 Å². The third-order valence-electron chi connectivity index (χ3n) is 6.41. The Bertz CT molecular complexity index is 764. The molecule has 2 aromatic heterocycles. The van der Waals surface area contributed by atoms with Crippen molar-refractivity contribution >= 4 is 11.1 Å². The summed E-state index contributed by atoms with van der Waals surface area (Å²) in [6, 6.07) is 4.52. The molecule has 5 rings (SSSR count). The molecule has 3 aliphatic rings. The molecule has 0 radical (unpaired) electrons. The van der Waals surface area contributed by atoms with Gasteiger partial charge in [-0.15, -0.1) is 0 Å². The standard InChI is InChI=1S/C18H22N2O2/c1-18(2)10-8-12-16-11(6-7-20(9-10)17(12)18)15-13(22-16)4-5-14(19-15)21-3/h4-5,10,12,17H,6-9H2,1-3H3. The first kappa shape index (κ1) is 12.9. The second-order valence-corrected chi connectivity index (χ2v) is 7.70. The van der Waals surface area contributed by atoms with Crippen molar-refractivity contribution in [3.05, 3.63) is 23.5 Å². The lowest BCUT2D eigenvalue weighted by Crippen LogP contribution is -2.39. The fourth-order valence-corrected chi connectivity index (χ4v) is 5.35. The van der Waals surface area contributed by atoms with Crippen molar-refractivity contribution in [3.63, 3.8) is 0 Å². The number of furan rings is 1. The Morgan fingerprint density at radius 1 is 1.36 bits per heavy atom. The maximum absolute atomic E-state index is 6.30. The van der Waals surface area contributed by atoms with Gasteiger partial charge in [-0.25, -0.2) is 4.98 Å². The van der Waals surface area contributed by atoms with E-state index in [0.29, 0.717) is 23.3 Å². The quantitative estimate of drug-likeness (QED) is 0.810. The van der Waals surface area contributed by atoms with Gasteiger partial charge in [0.1, 0.15) is 11.3 Å². The first-order valence-corrected chi connectivity index (χ1v) is 8.30. The molecule has 0 aromatic carbocycles. The van der Waals surface area contributed by atoms with Crippen LogP contribution in [0, 0.1) is 11.3 Å². The number of pyridine rings is 1. The van der Waals surface area contributed by atoms with Crippen molar-refractivity contribution in [1.82, 2.24) is 9.88 Å². The molecule has 2 aliphatic heterocycles. The maximum Gasteiger partial charge on any atom is 0.213 e. The van der Waals surface area contributed by atoms with E-state index in [1.807, 2.05) is 12.1 Å². The predicted octanol–water partition coefficient (Wildman–Crippen LogP) is 3.21. The first-order chi connectivity index (χ1) is 10.6. The minimum absolute atomic E-state index is 0.399. The molecule has 0 amide bonds. The minimum atomic E-state index is 0.399. The molecule has 2 bridgehead atoms. The molecule has 2 aromatic rings. The van der Waals surface area contributed by atoms with E-state index < -0.39 is 0 Å². The lowest BCUT2D eigenvalue weighted by atomic mass is 9.82. The van der Waals surface area contributed by atoms with E-state index >= 15 is 0 Å². The molecule has 116 valence electrons. The molecular formula is C18H22N2O2. The third-order valence-corrected chi connectivity index (χ3v) is 6.41. The molecule has 3 atom stereocenters. The van der Waals surface area contributed by atoms with Crippen molar-refractivity contribution in [2.24, 2.45) is 11.3 Å². The highest BCUT2D eigenvalue weighted by molar-refractivity contribution is 5.79. The van der Waals surface area contributed by atoms with E-state index in [1.54, 1.807) is 7.11 Å². The molecule has 1 saturated heterocycles. The highest BCUT2D eigenvalue weighted by Crippen LogP contribution is 2.59. The zero-order valence-corrected chi connectivity index (χ0v) is 13.4. The first-order valence-electron chi connectivity index (χ1n) is 8.30. The molecule has 4 heterocycles. The molecule has 4 nitrogen and oxygen atoms in total. The van der Waals surface area contributed by atoms with Gasteiger partial charge in [-0.05, 0) is 30.2 Å². The minimum Gasteiger partial charge on any atom is -0.481 e. The summed E-state index contributed by atoms with van der Waals surface area (Å²) in [6.45, 7) is 7.27. The van der Waals surface area contributed by atoms with E-state index in [2.05, 4.69) is 23.7 Å². The van der Waals surface area contributed by atoms with E-state index in [0.717, 1.165) is 30.0 Å². The summed E-state index contributed by atoms with van der Waals surface area (Å²) < 4.78 is 11.6. The summed E-state index contributed by atoms with van der Waals surface area (Å²) in [4.78, 5) is 7.36. The van der Waals surface area contributed by atoms with Gasteiger partial charge >= 0.3 is 0 Å². The molecule has 0 N–H and O–H groups in total. The second-order valence-electron chi connectivity index (χ2n) is 7.70. The predicted molar refractivity (Wildman–Crippen MR) is 84.3 cm³/mol.